The molecule has 0 unspecified atom stereocenters. The summed E-state index contributed by atoms with van der Waals surface area (Å²) in [5.74, 6) is -1.88. The van der Waals surface area contributed by atoms with Crippen LogP contribution in [0.1, 0.15) is 19.4 Å². The maximum Gasteiger partial charge on any atom is 0.328 e. The summed E-state index contributed by atoms with van der Waals surface area (Å²) in [7, 11) is 0. The Morgan fingerprint density at radius 3 is 2.50 bits per heavy atom. The number of nitrogens with zero attached hydrogens (tertiary/aromatic N) is 1. The third-order valence-corrected chi connectivity index (χ3v) is 2.46. The van der Waals surface area contributed by atoms with Gasteiger partial charge in [-0.1, -0.05) is 0 Å². The van der Waals surface area contributed by atoms with Crippen molar-refractivity contribution >= 4 is 17.3 Å². The summed E-state index contributed by atoms with van der Waals surface area (Å²) in [6.07, 6.45) is 0. The van der Waals surface area contributed by atoms with Gasteiger partial charge in [-0.25, -0.2) is 9.18 Å². The molecule has 2 N–H and O–H groups in total. The van der Waals surface area contributed by atoms with Crippen LogP contribution in [0, 0.1) is 22.9 Å². The average Bonchev–Trinajstić information content (AvgIpc) is 2.22. The normalized spacial score (nSPS) is 11.1. The van der Waals surface area contributed by atoms with Crippen LogP contribution in [-0.4, -0.2) is 21.5 Å². The van der Waals surface area contributed by atoms with E-state index in [2.05, 4.69) is 5.32 Å². The molecule has 0 atom stereocenters. The molecule has 7 heteroatoms. The number of aryl methyl sites for hydroxylation is 1. The van der Waals surface area contributed by atoms with Crippen molar-refractivity contribution in [3.63, 3.8) is 0 Å². The van der Waals surface area contributed by atoms with Gasteiger partial charge in [0, 0.05) is 0 Å². The van der Waals surface area contributed by atoms with E-state index in [9.17, 15) is 19.3 Å². The molecule has 0 aliphatic heterocycles. The van der Waals surface area contributed by atoms with E-state index in [1.54, 1.807) is 0 Å². The van der Waals surface area contributed by atoms with Gasteiger partial charge in [0.15, 0.2) is 0 Å². The summed E-state index contributed by atoms with van der Waals surface area (Å²) in [6.45, 7) is 4.16. The molecule has 0 saturated heterocycles. The molecular weight excluding hydrogens is 243 g/mol. The molecule has 0 aromatic heterocycles. The molecule has 0 aliphatic rings. The molecule has 1 rings (SSSR count). The van der Waals surface area contributed by atoms with Crippen LogP contribution in [0.4, 0.5) is 15.8 Å². The van der Waals surface area contributed by atoms with E-state index < -0.39 is 27.9 Å². The van der Waals surface area contributed by atoms with Crippen molar-refractivity contribution < 1.29 is 19.2 Å². The highest BCUT2D eigenvalue weighted by Crippen LogP contribution is 2.29. The Labute approximate surface area is 103 Å². The number of rotatable bonds is 4. The summed E-state index contributed by atoms with van der Waals surface area (Å²) in [4.78, 5) is 21.0. The minimum absolute atomic E-state index is 0.0219. The number of benzene rings is 1. The predicted molar refractivity (Wildman–Crippen MR) is 63.1 cm³/mol. The zero-order chi connectivity index (χ0) is 14.1. The highest BCUT2D eigenvalue weighted by Gasteiger charge is 2.30. The minimum Gasteiger partial charge on any atom is -0.480 e. The highest BCUT2D eigenvalue weighted by atomic mass is 19.1. The van der Waals surface area contributed by atoms with Crippen LogP contribution in [0.25, 0.3) is 0 Å². The van der Waals surface area contributed by atoms with Gasteiger partial charge in [-0.2, -0.15) is 0 Å². The molecule has 0 bridgehead atoms. The molecule has 0 aliphatic carbocycles. The molecule has 0 radical (unpaired) electrons. The van der Waals surface area contributed by atoms with Gasteiger partial charge in [-0.3, -0.25) is 10.1 Å². The lowest BCUT2D eigenvalue weighted by molar-refractivity contribution is -0.384. The molecule has 1 aromatic carbocycles. The number of halogens is 1. The van der Waals surface area contributed by atoms with Crippen LogP contribution in [0.3, 0.4) is 0 Å². The molecule has 18 heavy (non-hydrogen) atoms. The first-order valence-corrected chi connectivity index (χ1v) is 5.11. The van der Waals surface area contributed by atoms with E-state index in [1.807, 2.05) is 0 Å². The first kappa shape index (κ1) is 13.9. The molecule has 0 fully saturated rings. The number of nitro benzene ring substituents is 1. The van der Waals surface area contributed by atoms with Crippen molar-refractivity contribution in [3.8, 4) is 0 Å². The Bertz CT molecular complexity index is 514. The van der Waals surface area contributed by atoms with Gasteiger partial charge in [-0.05, 0) is 32.4 Å². The number of carboxylic acids is 1. The van der Waals surface area contributed by atoms with Gasteiger partial charge < -0.3 is 10.4 Å². The zero-order valence-corrected chi connectivity index (χ0v) is 10.2. The van der Waals surface area contributed by atoms with Crippen LogP contribution < -0.4 is 5.32 Å². The second-order valence-corrected chi connectivity index (χ2v) is 4.43. The average molecular weight is 256 g/mol. The maximum absolute atomic E-state index is 13.3. The van der Waals surface area contributed by atoms with Crippen molar-refractivity contribution in [1.82, 2.24) is 0 Å². The summed E-state index contributed by atoms with van der Waals surface area (Å²) in [5.41, 5.74) is -1.71. The Morgan fingerprint density at radius 1 is 1.50 bits per heavy atom. The lowest BCUT2D eigenvalue weighted by Gasteiger charge is -2.22. The molecule has 0 amide bonds. The van der Waals surface area contributed by atoms with E-state index in [0.29, 0.717) is 0 Å². The number of aliphatic carboxylic acids is 1. The predicted octanol–water partition coefficient (Wildman–Crippen LogP) is 2.32. The van der Waals surface area contributed by atoms with Gasteiger partial charge in [0.05, 0.1) is 11.0 Å². The third kappa shape index (κ3) is 2.73. The molecule has 0 heterocycles. The van der Waals surface area contributed by atoms with Crippen LogP contribution in [0.5, 0.6) is 0 Å². The number of nitrogens with one attached hydrogen (secondary N) is 1. The molecule has 1 aromatic rings. The second kappa shape index (κ2) is 4.59. The quantitative estimate of drug-likeness (QED) is 0.637. The fourth-order valence-corrected chi connectivity index (χ4v) is 1.31. The van der Waals surface area contributed by atoms with E-state index in [-0.39, 0.29) is 11.3 Å². The standard InChI is InChI=1S/C11H13FN2O4/c1-6-4-8(13-11(2,3)10(15)16)9(14(17)18)5-7(6)12/h4-5,13H,1-3H3,(H,15,16). The molecule has 6 nitrogen and oxygen atoms in total. The van der Waals surface area contributed by atoms with E-state index >= 15 is 0 Å². The molecule has 98 valence electrons. The third-order valence-electron chi connectivity index (χ3n) is 2.46. The van der Waals surface area contributed by atoms with Crippen molar-refractivity contribution in [3.05, 3.63) is 33.6 Å². The Balaban J connectivity index is 3.27. The van der Waals surface area contributed by atoms with Gasteiger partial charge >= 0.3 is 5.97 Å². The maximum atomic E-state index is 13.3. The summed E-state index contributed by atoms with van der Waals surface area (Å²) in [5, 5.41) is 22.3. The van der Waals surface area contributed by atoms with Gasteiger partial charge in [0.2, 0.25) is 0 Å². The van der Waals surface area contributed by atoms with Crippen molar-refractivity contribution in [2.75, 3.05) is 5.32 Å². The van der Waals surface area contributed by atoms with Crippen molar-refractivity contribution in [2.45, 2.75) is 26.3 Å². The van der Waals surface area contributed by atoms with Crippen LogP contribution in [0.2, 0.25) is 0 Å². The lowest BCUT2D eigenvalue weighted by atomic mass is 10.0. The molecular formula is C11H13FN2O4. The highest BCUT2D eigenvalue weighted by molar-refractivity contribution is 5.83. The first-order valence-electron chi connectivity index (χ1n) is 5.11. The summed E-state index contributed by atoms with van der Waals surface area (Å²) < 4.78 is 13.3. The fraction of sp³-hybridized carbons (Fsp3) is 0.364. The number of hydrogen-bond donors (Lipinski definition) is 2. The first-order chi connectivity index (χ1) is 8.15. The van der Waals surface area contributed by atoms with E-state index in [1.165, 1.54) is 26.8 Å². The Kier molecular flexibility index (Phi) is 3.54. The number of carboxylic acid groups (broad SMARTS) is 1. The summed E-state index contributed by atoms with van der Waals surface area (Å²) >= 11 is 0. The Morgan fingerprint density at radius 2 is 2.06 bits per heavy atom. The fourth-order valence-electron chi connectivity index (χ4n) is 1.31. The number of nitro groups is 1. The van der Waals surface area contributed by atoms with Gasteiger partial charge in [-0.15, -0.1) is 0 Å². The van der Waals surface area contributed by atoms with Crippen LogP contribution >= 0.6 is 0 Å². The monoisotopic (exact) mass is 256 g/mol. The number of anilines is 1. The smallest absolute Gasteiger partial charge is 0.328 e. The zero-order valence-electron chi connectivity index (χ0n) is 10.2. The second-order valence-electron chi connectivity index (χ2n) is 4.43. The number of hydrogen-bond acceptors (Lipinski definition) is 4. The lowest BCUT2D eigenvalue weighted by Crippen LogP contribution is -2.40. The van der Waals surface area contributed by atoms with Crippen LogP contribution in [-0.2, 0) is 4.79 Å². The number of carbonyl (C=O) groups is 1. The van der Waals surface area contributed by atoms with E-state index in [4.69, 9.17) is 5.11 Å². The van der Waals surface area contributed by atoms with Gasteiger partial charge in [0.1, 0.15) is 17.0 Å². The van der Waals surface area contributed by atoms with E-state index in [0.717, 1.165) is 6.07 Å². The van der Waals surface area contributed by atoms with Crippen molar-refractivity contribution in [1.29, 1.82) is 0 Å². The largest absolute Gasteiger partial charge is 0.480 e. The Hall–Kier alpha value is -2.18. The van der Waals surface area contributed by atoms with Crippen LogP contribution in [0.15, 0.2) is 12.1 Å². The summed E-state index contributed by atoms with van der Waals surface area (Å²) in [6, 6.07) is 1.99. The SMILES string of the molecule is Cc1cc(NC(C)(C)C(=O)O)c([N+](=O)[O-])cc1F. The minimum atomic E-state index is -1.39. The van der Waals surface area contributed by atoms with Crippen molar-refractivity contribution in [2.24, 2.45) is 0 Å². The van der Waals surface area contributed by atoms with Gasteiger partial charge in [0.25, 0.3) is 5.69 Å². The topological polar surface area (TPSA) is 92.5 Å². The molecule has 0 spiro atoms. The molecule has 0 saturated carbocycles.